The molecular formula is C23H20F4N2O3S. The van der Waals surface area contributed by atoms with Gasteiger partial charge in [0, 0.05) is 6.54 Å². The second kappa shape index (κ2) is 9.62. The van der Waals surface area contributed by atoms with Crippen LogP contribution < -0.4 is 9.62 Å². The Balaban J connectivity index is 1.82. The van der Waals surface area contributed by atoms with Gasteiger partial charge in [-0.3, -0.25) is 9.10 Å². The van der Waals surface area contributed by atoms with Crippen molar-refractivity contribution < 1.29 is 30.8 Å². The number of nitrogens with one attached hydrogen (secondary N) is 1. The van der Waals surface area contributed by atoms with Crippen molar-refractivity contribution in [3.63, 3.8) is 0 Å². The number of hydrogen-bond acceptors (Lipinski definition) is 3. The average Bonchev–Trinajstić information content (AvgIpc) is 2.76. The van der Waals surface area contributed by atoms with Crippen LogP contribution in [0.4, 0.5) is 23.2 Å². The third-order valence-electron chi connectivity index (χ3n) is 4.75. The Labute approximate surface area is 188 Å². The summed E-state index contributed by atoms with van der Waals surface area (Å²) in [6.07, 6.45) is -4.53. The molecule has 5 nitrogen and oxygen atoms in total. The maximum Gasteiger partial charge on any atom is 0.416 e. The third kappa shape index (κ3) is 6.10. The molecular weight excluding hydrogens is 460 g/mol. The molecule has 0 atom stereocenters. The Morgan fingerprint density at radius 3 is 2.21 bits per heavy atom. The zero-order chi connectivity index (χ0) is 24.2. The molecule has 3 aromatic carbocycles. The first-order valence-electron chi connectivity index (χ1n) is 9.74. The number of nitrogens with zero attached hydrogens (tertiary/aromatic N) is 1. The first kappa shape index (κ1) is 24.2. The molecule has 0 aliphatic carbocycles. The van der Waals surface area contributed by atoms with Crippen LogP contribution in [-0.4, -0.2) is 20.9 Å². The van der Waals surface area contributed by atoms with E-state index in [1.807, 2.05) is 0 Å². The summed E-state index contributed by atoms with van der Waals surface area (Å²) in [5.74, 6) is -1.33. The van der Waals surface area contributed by atoms with Crippen LogP contribution in [0.25, 0.3) is 0 Å². The lowest BCUT2D eigenvalue weighted by Gasteiger charge is -2.24. The molecule has 10 heteroatoms. The van der Waals surface area contributed by atoms with Crippen LogP contribution in [0.3, 0.4) is 0 Å². The minimum Gasteiger partial charge on any atom is -0.350 e. The maximum atomic E-state index is 13.4. The lowest BCUT2D eigenvalue weighted by molar-refractivity contribution is -0.137. The van der Waals surface area contributed by atoms with Gasteiger partial charge in [-0.25, -0.2) is 12.8 Å². The number of sulfonamides is 1. The zero-order valence-corrected chi connectivity index (χ0v) is 18.3. The molecule has 3 rings (SSSR count). The van der Waals surface area contributed by atoms with Crippen molar-refractivity contribution in [3.05, 3.63) is 95.3 Å². The fourth-order valence-electron chi connectivity index (χ4n) is 3.00. The van der Waals surface area contributed by atoms with E-state index in [1.165, 1.54) is 36.4 Å². The first-order valence-corrected chi connectivity index (χ1v) is 11.2. The number of benzene rings is 3. The molecule has 33 heavy (non-hydrogen) atoms. The molecule has 0 radical (unpaired) electrons. The van der Waals surface area contributed by atoms with Crippen LogP contribution in [0, 0.1) is 12.7 Å². The minimum atomic E-state index is -4.53. The van der Waals surface area contributed by atoms with E-state index in [1.54, 1.807) is 19.1 Å². The molecule has 0 aliphatic heterocycles. The average molecular weight is 480 g/mol. The maximum absolute atomic E-state index is 13.4. The van der Waals surface area contributed by atoms with E-state index in [2.05, 4.69) is 5.32 Å². The van der Waals surface area contributed by atoms with Gasteiger partial charge in [0.1, 0.15) is 12.4 Å². The normalized spacial score (nSPS) is 11.8. The third-order valence-corrected chi connectivity index (χ3v) is 6.54. The molecule has 0 saturated heterocycles. The van der Waals surface area contributed by atoms with E-state index >= 15 is 0 Å². The van der Waals surface area contributed by atoms with Gasteiger partial charge in [-0.05, 0) is 61.0 Å². The van der Waals surface area contributed by atoms with Gasteiger partial charge in [0.15, 0.2) is 0 Å². The topological polar surface area (TPSA) is 66.5 Å². The highest BCUT2D eigenvalue weighted by Crippen LogP contribution is 2.29. The Morgan fingerprint density at radius 1 is 0.970 bits per heavy atom. The molecule has 0 saturated carbocycles. The van der Waals surface area contributed by atoms with Crippen molar-refractivity contribution >= 4 is 21.6 Å². The van der Waals surface area contributed by atoms with Crippen LogP contribution >= 0.6 is 0 Å². The summed E-state index contributed by atoms with van der Waals surface area (Å²) in [6, 6.07) is 15.0. The quantitative estimate of drug-likeness (QED) is 0.500. The standard InChI is InChI=1S/C23H20F4N2O3S/c1-16-5-11-21(12-6-16)33(31,32)29(20-9-7-19(24)8-10-20)15-22(30)28-14-17-3-2-4-18(13-17)23(25,26)27/h2-13H,14-15H2,1H3,(H,28,30). The van der Waals surface area contributed by atoms with Gasteiger partial charge in [0.25, 0.3) is 10.0 Å². The van der Waals surface area contributed by atoms with E-state index in [4.69, 9.17) is 0 Å². The summed E-state index contributed by atoms with van der Waals surface area (Å²) < 4.78 is 79.3. The Kier molecular flexibility index (Phi) is 7.06. The highest BCUT2D eigenvalue weighted by atomic mass is 32.2. The monoisotopic (exact) mass is 480 g/mol. The fourth-order valence-corrected chi connectivity index (χ4v) is 4.43. The Morgan fingerprint density at radius 2 is 1.61 bits per heavy atom. The van der Waals surface area contributed by atoms with Gasteiger partial charge >= 0.3 is 6.18 Å². The summed E-state index contributed by atoms with van der Waals surface area (Å²) in [5.41, 5.74) is 0.240. The van der Waals surface area contributed by atoms with Crippen LogP contribution in [0.15, 0.2) is 77.7 Å². The van der Waals surface area contributed by atoms with Crippen LogP contribution in [0.1, 0.15) is 16.7 Å². The van der Waals surface area contributed by atoms with Gasteiger partial charge < -0.3 is 5.32 Å². The minimum absolute atomic E-state index is 0.0613. The van der Waals surface area contributed by atoms with Crippen molar-refractivity contribution in [1.82, 2.24) is 5.32 Å². The number of anilines is 1. The van der Waals surface area contributed by atoms with E-state index in [0.717, 1.165) is 34.1 Å². The molecule has 0 unspecified atom stereocenters. The van der Waals surface area contributed by atoms with E-state index in [0.29, 0.717) is 0 Å². The van der Waals surface area contributed by atoms with Crippen molar-refractivity contribution in [2.45, 2.75) is 24.5 Å². The second-order valence-corrected chi connectivity index (χ2v) is 9.14. The molecule has 174 valence electrons. The predicted molar refractivity (Wildman–Crippen MR) is 115 cm³/mol. The molecule has 3 aromatic rings. The number of carbonyl (C=O) groups excluding carboxylic acids is 1. The molecule has 0 heterocycles. The summed E-state index contributed by atoms with van der Waals surface area (Å²) in [5, 5.41) is 2.44. The molecule has 0 spiro atoms. The van der Waals surface area contributed by atoms with Crippen molar-refractivity contribution in [2.75, 3.05) is 10.8 Å². The number of alkyl halides is 3. The van der Waals surface area contributed by atoms with E-state index in [-0.39, 0.29) is 22.7 Å². The summed E-state index contributed by atoms with van der Waals surface area (Å²) in [6.45, 7) is 0.904. The van der Waals surface area contributed by atoms with Gasteiger partial charge in [0.05, 0.1) is 16.1 Å². The first-order chi connectivity index (χ1) is 15.5. The molecule has 1 N–H and O–H groups in total. The molecule has 1 amide bonds. The smallest absolute Gasteiger partial charge is 0.350 e. The lowest BCUT2D eigenvalue weighted by atomic mass is 10.1. The number of carbonyl (C=O) groups is 1. The number of amides is 1. The lowest BCUT2D eigenvalue weighted by Crippen LogP contribution is -2.40. The van der Waals surface area contributed by atoms with Gasteiger partial charge in [0.2, 0.25) is 5.91 Å². The van der Waals surface area contributed by atoms with E-state index < -0.39 is 40.0 Å². The van der Waals surface area contributed by atoms with Crippen LogP contribution in [0.2, 0.25) is 0 Å². The molecule has 0 bridgehead atoms. The number of rotatable bonds is 7. The second-order valence-electron chi connectivity index (χ2n) is 7.28. The largest absolute Gasteiger partial charge is 0.416 e. The van der Waals surface area contributed by atoms with E-state index in [9.17, 15) is 30.8 Å². The van der Waals surface area contributed by atoms with Crippen molar-refractivity contribution in [3.8, 4) is 0 Å². The number of halogens is 4. The number of aryl methyl sites for hydroxylation is 1. The molecule has 0 aromatic heterocycles. The van der Waals surface area contributed by atoms with Crippen molar-refractivity contribution in [2.24, 2.45) is 0 Å². The predicted octanol–water partition coefficient (Wildman–Crippen LogP) is 4.66. The van der Waals surface area contributed by atoms with Crippen molar-refractivity contribution in [1.29, 1.82) is 0 Å². The SMILES string of the molecule is Cc1ccc(S(=O)(=O)N(CC(=O)NCc2cccc(C(F)(F)F)c2)c2ccc(F)cc2)cc1. The molecule has 0 aliphatic rings. The number of hydrogen-bond donors (Lipinski definition) is 1. The summed E-state index contributed by atoms with van der Waals surface area (Å²) in [4.78, 5) is 12.5. The van der Waals surface area contributed by atoms with Gasteiger partial charge in [-0.2, -0.15) is 13.2 Å². The Hall–Kier alpha value is -3.40. The molecule has 0 fully saturated rings. The van der Waals surface area contributed by atoms with Gasteiger partial charge in [-0.15, -0.1) is 0 Å². The fraction of sp³-hybridized carbons (Fsp3) is 0.174. The summed E-state index contributed by atoms with van der Waals surface area (Å²) >= 11 is 0. The van der Waals surface area contributed by atoms with Gasteiger partial charge in [-0.1, -0.05) is 29.8 Å². The van der Waals surface area contributed by atoms with Crippen LogP contribution in [0.5, 0.6) is 0 Å². The Bertz CT molecular complexity index is 1230. The summed E-state index contributed by atoms with van der Waals surface area (Å²) in [7, 11) is -4.19. The van der Waals surface area contributed by atoms with Crippen LogP contribution in [-0.2, 0) is 27.5 Å². The zero-order valence-electron chi connectivity index (χ0n) is 17.4. The highest BCUT2D eigenvalue weighted by Gasteiger charge is 2.30. The highest BCUT2D eigenvalue weighted by molar-refractivity contribution is 7.92.